The van der Waals surface area contributed by atoms with Gasteiger partial charge in [0.1, 0.15) is 5.75 Å². The van der Waals surface area contributed by atoms with Gasteiger partial charge in [-0.05, 0) is 48.0 Å². The molecule has 2 heterocycles. The first kappa shape index (κ1) is 26.8. The van der Waals surface area contributed by atoms with Crippen LogP contribution in [0.3, 0.4) is 0 Å². The van der Waals surface area contributed by atoms with Gasteiger partial charge in [0.05, 0.1) is 20.1 Å². The zero-order valence-corrected chi connectivity index (χ0v) is 22.9. The molecule has 5 rings (SSSR count). The number of benzene rings is 3. The molecule has 194 valence electrons. The summed E-state index contributed by atoms with van der Waals surface area (Å²) >= 11 is 25.0. The van der Waals surface area contributed by atoms with E-state index in [2.05, 4.69) is 34.9 Å². The summed E-state index contributed by atoms with van der Waals surface area (Å²) in [7, 11) is 0. The zero-order chi connectivity index (χ0) is 27.4. The molecule has 2 N–H and O–H groups in total. The van der Waals surface area contributed by atoms with Crippen molar-refractivity contribution >= 4 is 93.8 Å². The Hall–Kier alpha value is -3.82. The highest BCUT2D eigenvalue weighted by molar-refractivity contribution is 6.39. The number of nitrogens with one attached hydrogen (secondary N) is 1. The van der Waals surface area contributed by atoms with Crippen molar-refractivity contribution in [3.05, 3.63) is 97.6 Å². The van der Waals surface area contributed by atoms with Crippen molar-refractivity contribution < 1.29 is 5.11 Å². The molecular weight excluding hydrogens is 580 g/mol. The van der Waals surface area contributed by atoms with Crippen LogP contribution in [0.25, 0.3) is 10.9 Å². The number of halogens is 4. The van der Waals surface area contributed by atoms with E-state index in [1.165, 1.54) is 12.4 Å². The molecule has 2 aromatic heterocycles. The van der Waals surface area contributed by atoms with Gasteiger partial charge in [-0.2, -0.15) is 15.0 Å². The van der Waals surface area contributed by atoms with E-state index in [1.54, 1.807) is 54.7 Å². The van der Waals surface area contributed by atoms with Crippen LogP contribution >= 0.6 is 46.4 Å². The lowest BCUT2D eigenvalue weighted by Crippen LogP contribution is -1.92. The molecule has 0 saturated carbocycles. The number of hydrogen-bond donors (Lipinski definition) is 2. The summed E-state index contributed by atoms with van der Waals surface area (Å²) in [5.74, 6) is 0.354. The van der Waals surface area contributed by atoms with Crippen LogP contribution in [0, 0.1) is 0 Å². The molecule has 5 aromatic rings. The number of nitrogens with zero attached hydrogens (tertiary/aromatic N) is 6. The standard InChI is InChI=1S/C27H17Cl4N7O/c28-20-3-1-4-21(29)18(20)13-34-26-36-25(32-10-9-15-12-33-24-8-7-16(39)11-17(15)24)37-27(38-26)35-14-19-22(30)5-2-6-23(19)31/h1-8,10-14,33,39H,9H2. The number of rotatable bonds is 7. The maximum atomic E-state index is 9.84. The molecule has 12 heteroatoms. The number of fused-ring (bicyclic) bond motifs is 1. The van der Waals surface area contributed by atoms with Gasteiger partial charge in [-0.3, -0.25) is 0 Å². The highest BCUT2D eigenvalue weighted by Gasteiger charge is 2.08. The molecule has 0 spiro atoms. The van der Waals surface area contributed by atoms with Gasteiger partial charge in [-0.1, -0.05) is 58.5 Å². The van der Waals surface area contributed by atoms with Crippen molar-refractivity contribution in [1.82, 2.24) is 19.9 Å². The van der Waals surface area contributed by atoms with Crippen molar-refractivity contribution in [2.24, 2.45) is 15.0 Å². The average molecular weight is 597 g/mol. The maximum absolute atomic E-state index is 9.84. The molecule has 0 bridgehead atoms. The predicted octanol–water partition coefficient (Wildman–Crippen LogP) is 8.12. The Morgan fingerprint density at radius 1 is 0.718 bits per heavy atom. The summed E-state index contributed by atoms with van der Waals surface area (Å²) < 4.78 is 0. The third kappa shape index (κ3) is 6.43. The Bertz CT molecular complexity index is 1640. The third-order valence-electron chi connectivity index (χ3n) is 5.49. The van der Waals surface area contributed by atoms with E-state index in [0.717, 1.165) is 16.5 Å². The first-order chi connectivity index (χ1) is 18.9. The molecular formula is C27H17Cl4N7O. The van der Waals surface area contributed by atoms with E-state index in [-0.39, 0.29) is 23.6 Å². The van der Waals surface area contributed by atoms with Gasteiger partial charge >= 0.3 is 0 Å². The van der Waals surface area contributed by atoms with E-state index in [1.807, 2.05) is 12.3 Å². The molecule has 0 aliphatic rings. The van der Waals surface area contributed by atoms with Crippen LogP contribution < -0.4 is 0 Å². The second-order valence-corrected chi connectivity index (χ2v) is 9.71. The van der Waals surface area contributed by atoms with Crippen LogP contribution in [0.1, 0.15) is 16.7 Å². The van der Waals surface area contributed by atoms with Gasteiger partial charge < -0.3 is 10.1 Å². The first-order valence-electron chi connectivity index (χ1n) is 11.4. The smallest absolute Gasteiger partial charge is 0.256 e. The van der Waals surface area contributed by atoms with E-state index in [4.69, 9.17) is 46.4 Å². The van der Waals surface area contributed by atoms with E-state index < -0.39 is 0 Å². The Labute approximate surface area is 242 Å². The quantitative estimate of drug-likeness (QED) is 0.185. The molecule has 0 saturated heterocycles. The van der Waals surface area contributed by atoms with Crippen LogP contribution in [0.2, 0.25) is 20.1 Å². The molecule has 0 aliphatic carbocycles. The van der Waals surface area contributed by atoms with Crippen LogP contribution in [-0.4, -0.2) is 43.7 Å². The largest absolute Gasteiger partial charge is 0.508 e. The highest BCUT2D eigenvalue weighted by Crippen LogP contribution is 2.26. The minimum absolute atomic E-state index is 0.0440. The normalized spacial score (nSPS) is 12.0. The molecule has 0 fully saturated rings. The van der Waals surface area contributed by atoms with Crippen LogP contribution in [0.5, 0.6) is 5.75 Å². The van der Waals surface area contributed by atoms with E-state index >= 15 is 0 Å². The number of H-pyrrole nitrogens is 1. The maximum Gasteiger partial charge on any atom is 0.256 e. The van der Waals surface area contributed by atoms with Gasteiger partial charge in [-0.25, -0.2) is 15.0 Å². The summed E-state index contributed by atoms with van der Waals surface area (Å²) in [6, 6.07) is 15.4. The number of aromatic amines is 1. The monoisotopic (exact) mass is 595 g/mol. The van der Waals surface area contributed by atoms with Crippen molar-refractivity contribution in [2.75, 3.05) is 0 Å². The van der Waals surface area contributed by atoms with Gasteiger partial charge in [-0.15, -0.1) is 0 Å². The SMILES string of the molecule is Oc1ccc2[nH]cc(CC=Nc3nc(N=Cc4c(Cl)cccc4Cl)nc(N=Cc4c(Cl)cccc4Cl)n3)c2c1. The fourth-order valence-corrected chi connectivity index (χ4v) is 4.58. The van der Waals surface area contributed by atoms with Gasteiger partial charge in [0, 0.05) is 53.3 Å². The van der Waals surface area contributed by atoms with E-state index in [0.29, 0.717) is 37.6 Å². The highest BCUT2D eigenvalue weighted by atomic mass is 35.5. The number of aliphatic imine (C=N–C) groups is 3. The summed E-state index contributed by atoms with van der Waals surface area (Å²) in [5, 5.41) is 12.4. The minimum atomic E-state index is 0.0440. The second-order valence-electron chi connectivity index (χ2n) is 8.08. The van der Waals surface area contributed by atoms with E-state index in [9.17, 15) is 5.11 Å². The summed E-state index contributed by atoms with van der Waals surface area (Å²) in [6.45, 7) is 0. The van der Waals surface area contributed by atoms with Gasteiger partial charge in [0.25, 0.3) is 17.8 Å². The molecule has 0 unspecified atom stereocenters. The molecule has 3 aromatic carbocycles. The molecule has 0 radical (unpaired) electrons. The van der Waals surface area contributed by atoms with Crippen molar-refractivity contribution in [2.45, 2.75) is 6.42 Å². The molecule has 0 atom stereocenters. The Morgan fingerprint density at radius 2 is 1.23 bits per heavy atom. The minimum Gasteiger partial charge on any atom is -0.508 e. The zero-order valence-electron chi connectivity index (χ0n) is 19.9. The summed E-state index contributed by atoms with van der Waals surface area (Å²) in [4.78, 5) is 29.1. The Kier molecular flexibility index (Phi) is 8.18. The number of hydrogen-bond acceptors (Lipinski definition) is 7. The number of aromatic hydroxyl groups is 1. The molecule has 0 amide bonds. The molecule has 39 heavy (non-hydrogen) atoms. The topological polar surface area (TPSA) is 112 Å². The Morgan fingerprint density at radius 3 is 1.77 bits per heavy atom. The third-order valence-corrected chi connectivity index (χ3v) is 6.80. The summed E-state index contributed by atoms with van der Waals surface area (Å²) in [6.07, 6.45) is 6.89. The number of phenolic OH excluding ortho intramolecular Hbond substituents is 1. The Balaban J connectivity index is 1.48. The predicted molar refractivity (Wildman–Crippen MR) is 159 cm³/mol. The summed E-state index contributed by atoms with van der Waals surface area (Å²) in [5.41, 5.74) is 2.88. The fourth-order valence-electron chi connectivity index (χ4n) is 3.59. The molecule has 8 nitrogen and oxygen atoms in total. The van der Waals surface area contributed by atoms with Crippen molar-refractivity contribution in [1.29, 1.82) is 0 Å². The lowest BCUT2D eigenvalue weighted by atomic mass is 10.1. The van der Waals surface area contributed by atoms with Gasteiger partial charge in [0.15, 0.2) is 0 Å². The molecule has 0 aliphatic heterocycles. The second kappa shape index (κ2) is 11.9. The average Bonchev–Trinajstić information content (AvgIpc) is 3.30. The van der Waals surface area contributed by atoms with Crippen LogP contribution in [-0.2, 0) is 6.42 Å². The fraction of sp³-hybridized carbons (Fsp3) is 0.0370. The van der Waals surface area contributed by atoms with Crippen molar-refractivity contribution in [3.63, 3.8) is 0 Å². The van der Waals surface area contributed by atoms with Crippen LogP contribution in [0.4, 0.5) is 17.8 Å². The number of phenols is 1. The lowest BCUT2D eigenvalue weighted by Gasteiger charge is -2.02. The lowest BCUT2D eigenvalue weighted by molar-refractivity contribution is 0.476. The van der Waals surface area contributed by atoms with Crippen LogP contribution in [0.15, 0.2) is 75.8 Å². The van der Waals surface area contributed by atoms with Gasteiger partial charge in [0.2, 0.25) is 0 Å². The van der Waals surface area contributed by atoms with Crippen molar-refractivity contribution in [3.8, 4) is 5.75 Å². The number of aromatic nitrogens is 4. The first-order valence-corrected chi connectivity index (χ1v) is 12.9.